The molecule has 20 heavy (non-hydrogen) atoms. The van der Waals surface area contributed by atoms with Gasteiger partial charge in [-0.3, -0.25) is 0 Å². The molecular weight excluding hydrogens is 409 g/mol. The van der Waals surface area contributed by atoms with Crippen LogP contribution in [0.3, 0.4) is 0 Å². The van der Waals surface area contributed by atoms with E-state index in [2.05, 4.69) is 15.6 Å². The lowest BCUT2D eigenvalue weighted by Crippen LogP contribution is -2.36. The fourth-order valence-corrected chi connectivity index (χ4v) is 2.55. The summed E-state index contributed by atoms with van der Waals surface area (Å²) in [7, 11) is 0. The number of nitrogens with zero attached hydrogens (tertiary/aromatic N) is 1. The summed E-state index contributed by atoms with van der Waals surface area (Å²) in [5, 5.41) is 6.45. The van der Waals surface area contributed by atoms with E-state index in [0.29, 0.717) is 13.1 Å². The van der Waals surface area contributed by atoms with E-state index < -0.39 is 0 Å². The van der Waals surface area contributed by atoms with E-state index in [1.54, 1.807) is 17.6 Å². The highest BCUT2D eigenvalue weighted by Gasteiger charge is 2.01. The summed E-state index contributed by atoms with van der Waals surface area (Å²) < 4.78 is 6.05. The number of aliphatic imine (C=N–C) groups is 1. The van der Waals surface area contributed by atoms with Gasteiger partial charge in [-0.25, -0.2) is 4.99 Å². The molecule has 0 aliphatic rings. The topological polar surface area (TPSA) is 49.6 Å². The average Bonchev–Trinajstić information content (AvgIpc) is 3.04. The highest BCUT2D eigenvalue weighted by molar-refractivity contribution is 14.0. The van der Waals surface area contributed by atoms with Crippen molar-refractivity contribution < 1.29 is 4.42 Å². The molecule has 0 bridgehead atoms. The molecule has 0 aliphatic heterocycles. The number of nitrogens with one attached hydrogen (secondary N) is 2. The Morgan fingerprint density at radius 1 is 1.35 bits per heavy atom. The first kappa shape index (κ1) is 17.3. The molecule has 0 spiro atoms. The molecule has 0 atom stereocenters. The maximum Gasteiger partial charge on any atom is 0.191 e. The van der Waals surface area contributed by atoms with Crippen LogP contribution in [0.2, 0.25) is 4.34 Å². The number of rotatable bonds is 5. The highest BCUT2D eigenvalue weighted by atomic mass is 127. The van der Waals surface area contributed by atoms with Crippen molar-refractivity contribution in [3.8, 4) is 0 Å². The molecule has 2 aromatic rings. The van der Waals surface area contributed by atoms with Gasteiger partial charge in [-0.05, 0) is 31.2 Å². The molecule has 0 radical (unpaired) electrons. The molecule has 4 nitrogen and oxygen atoms in total. The number of hydrogen-bond donors (Lipinski definition) is 2. The van der Waals surface area contributed by atoms with Crippen LogP contribution >= 0.6 is 46.9 Å². The van der Waals surface area contributed by atoms with Crippen molar-refractivity contribution in [3.05, 3.63) is 45.5 Å². The normalized spacial score (nSPS) is 11.0. The standard InChI is InChI=1S/C13H16ClN3OS.HI/c1-2-15-13(16-8-10-4-3-7-18-10)17-9-11-5-6-12(14)19-11;/h3-7H,2,8-9H2,1H3,(H2,15,16,17);1H. The Morgan fingerprint density at radius 2 is 2.20 bits per heavy atom. The van der Waals surface area contributed by atoms with Crippen molar-refractivity contribution in [2.45, 2.75) is 20.0 Å². The van der Waals surface area contributed by atoms with Crippen molar-refractivity contribution in [3.63, 3.8) is 0 Å². The van der Waals surface area contributed by atoms with Gasteiger partial charge in [-0.1, -0.05) is 11.6 Å². The Morgan fingerprint density at radius 3 is 2.80 bits per heavy atom. The van der Waals surface area contributed by atoms with Crippen molar-refractivity contribution in [1.82, 2.24) is 10.6 Å². The molecule has 0 unspecified atom stereocenters. The van der Waals surface area contributed by atoms with E-state index >= 15 is 0 Å². The average molecular weight is 426 g/mol. The van der Waals surface area contributed by atoms with E-state index in [-0.39, 0.29) is 24.0 Å². The summed E-state index contributed by atoms with van der Waals surface area (Å²) in [6, 6.07) is 7.68. The zero-order valence-electron chi connectivity index (χ0n) is 11.1. The molecule has 7 heteroatoms. The van der Waals surface area contributed by atoms with Crippen molar-refractivity contribution in [1.29, 1.82) is 0 Å². The molecular formula is C13H17ClIN3OS. The number of halogens is 2. The lowest BCUT2D eigenvalue weighted by molar-refractivity contribution is 0.512. The molecule has 0 amide bonds. The van der Waals surface area contributed by atoms with Crippen LogP contribution in [0.4, 0.5) is 0 Å². The van der Waals surface area contributed by atoms with Crippen molar-refractivity contribution >= 4 is 52.9 Å². The summed E-state index contributed by atoms with van der Waals surface area (Å²) in [6.45, 7) is 4.08. The van der Waals surface area contributed by atoms with Crippen LogP contribution in [0.5, 0.6) is 0 Å². The summed E-state index contributed by atoms with van der Waals surface area (Å²) in [6.07, 6.45) is 1.65. The van der Waals surface area contributed by atoms with E-state index in [9.17, 15) is 0 Å². The largest absolute Gasteiger partial charge is 0.467 e. The van der Waals surface area contributed by atoms with E-state index in [4.69, 9.17) is 16.0 Å². The van der Waals surface area contributed by atoms with Crippen LogP contribution in [0.25, 0.3) is 0 Å². The zero-order valence-corrected chi connectivity index (χ0v) is 15.0. The van der Waals surface area contributed by atoms with Gasteiger partial charge in [-0.2, -0.15) is 0 Å². The number of hydrogen-bond acceptors (Lipinski definition) is 3. The smallest absolute Gasteiger partial charge is 0.191 e. The second kappa shape index (κ2) is 9.25. The zero-order chi connectivity index (χ0) is 13.5. The maximum atomic E-state index is 5.90. The third kappa shape index (κ3) is 5.72. The van der Waals surface area contributed by atoms with Gasteiger partial charge in [0.1, 0.15) is 12.3 Å². The van der Waals surface area contributed by atoms with E-state index in [0.717, 1.165) is 22.6 Å². The van der Waals surface area contributed by atoms with E-state index in [1.807, 2.05) is 31.2 Å². The molecule has 0 saturated carbocycles. The SMILES string of the molecule is CCNC(=NCc1ccco1)NCc1ccc(Cl)s1.I. The number of furan rings is 1. The molecule has 2 aromatic heterocycles. The van der Waals surface area contributed by atoms with Crippen LogP contribution in [-0.2, 0) is 13.1 Å². The monoisotopic (exact) mass is 425 g/mol. The Balaban J connectivity index is 0.00000200. The van der Waals surface area contributed by atoms with Crippen LogP contribution in [0, 0.1) is 0 Å². The highest BCUT2D eigenvalue weighted by Crippen LogP contribution is 2.20. The van der Waals surface area contributed by atoms with Crippen LogP contribution in [0.15, 0.2) is 39.9 Å². The van der Waals surface area contributed by atoms with Gasteiger partial charge < -0.3 is 15.1 Å². The Kier molecular flexibility index (Phi) is 8.01. The lowest BCUT2D eigenvalue weighted by Gasteiger charge is -2.09. The van der Waals surface area contributed by atoms with Gasteiger partial charge in [0.15, 0.2) is 5.96 Å². The minimum atomic E-state index is 0. The van der Waals surface area contributed by atoms with Crippen LogP contribution in [-0.4, -0.2) is 12.5 Å². The predicted octanol–water partition coefficient (Wildman–Crippen LogP) is 3.87. The summed E-state index contributed by atoms with van der Waals surface area (Å²) in [5.74, 6) is 1.61. The molecule has 2 N–H and O–H groups in total. The quantitative estimate of drug-likeness (QED) is 0.434. The number of guanidine groups is 1. The van der Waals surface area contributed by atoms with Crippen LogP contribution in [0.1, 0.15) is 17.6 Å². The van der Waals surface area contributed by atoms with Gasteiger partial charge in [0.25, 0.3) is 0 Å². The summed E-state index contributed by atoms with van der Waals surface area (Å²) in [4.78, 5) is 5.62. The fourth-order valence-electron chi connectivity index (χ4n) is 1.52. The Bertz CT molecular complexity index is 527. The third-order valence-corrected chi connectivity index (χ3v) is 3.61. The molecule has 0 fully saturated rings. The molecule has 2 rings (SSSR count). The molecule has 0 saturated heterocycles. The molecule has 0 aromatic carbocycles. The van der Waals surface area contributed by atoms with Gasteiger partial charge >= 0.3 is 0 Å². The third-order valence-electron chi connectivity index (χ3n) is 2.38. The summed E-state index contributed by atoms with van der Waals surface area (Å²) in [5.41, 5.74) is 0. The van der Waals surface area contributed by atoms with Gasteiger partial charge in [0.2, 0.25) is 0 Å². The van der Waals surface area contributed by atoms with Gasteiger partial charge in [-0.15, -0.1) is 35.3 Å². The molecule has 2 heterocycles. The molecule has 0 aliphatic carbocycles. The second-order valence-electron chi connectivity index (χ2n) is 3.83. The Labute approximate surface area is 144 Å². The van der Waals surface area contributed by atoms with Gasteiger partial charge in [0.05, 0.1) is 17.1 Å². The lowest BCUT2D eigenvalue weighted by atomic mass is 10.4. The first-order valence-electron chi connectivity index (χ1n) is 6.06. The van der Waals surface area contributed by atoms with Crippen molar-refractivity contribution in [2.75, 3.05) is 6.54 Å². The minimum absolute atomic E-state index is 0. The predicted molar refractivity (Wildman–Crippen MR) is 95.1 cm³/mol. The van der Waals surface area contributed by atoms with Gasteiger partial charge in [0, 0.05) is 11.4 Å². The maximum absolute atomic E-state index is 5.90. The second-order valence-corrected chi connectivity index (χ2v) is 5.63. The Hall–Kier alpha value is -0.730. The first-order chi connectivity index (χ1) is 9.28. The molecule has 110 valence electrons. The van der Waals surface area contributed by atoms with Crippen molar-refractivity contribution in [2.24, 2.45) is 4.99 Å². The fraction of sp³-hybridized carbons (Fsp3) is 0.308. The minimum Gasteiger partial charge on any atom is -0.467 e. The summed E-state index contributed by atoms with van der Waals surface area (Å²) >= 11 is 7.46. The number of thiophene rings is 1. The first-order valence-corrected chi connectivity index (χ1v) is 7.26. The van der Waals surface area contributed by atoms with Crippen LogP contribution < -0.4 is 10.6 Å². The van der Waals surface area contributed by atoms with E-state index in [1.165, 1.54) is 4.88 Å².